The Balaban J connectivity index is 1.83. The van der Waals surface area contributed by atoms with Crippen LogP contribution in [0.2, 0.25) is 10.0 Å². The summed E-state index contributed by atoms with van der Waals surface area (Å²) in [4.78, 5) is 3.25. The van der Waals surface area contributed by atoms with Crippen molar-refractivity contribution in [1.29, 1.82) is 0 Å². The summed E-state index contributed by atoms with van der Waals surface area (Å²) >= 11 is 12.0. The van der Waals surface area contributed by atoms with E-state index in [1.807, 2.05) is 25.1 Å². The average molecular weight is 443 g/mol. The van der Waals surface area contributed by atoms with Crippen molar-refractivity contribution in [2.45, 2.75) is 18.2 Å². The highest BCUT2D eigenvalue weighted by Crippen LogP contribution is 2.37. The van der Waals surface area contributed by atoms with Gasteiger partial charge in [0.05, 0.1) is 19.2 Å². The number of nitrogens with one attached hydrogen (secondary N) is 2. The Kier molecular flexibility index (Phi) is 6.09. The van der Waals surface area contributed by atoms with Gasteiger partial charge in [0.1, 0.15) is 15.7 Å². The molecule has 2 N–H and O–H groups in total. The van der Waals surface area contributed by atoms with Crippen molar-refractivity contribution in [2.75, 3.05) is 20.8 Å². The van der Waals surface area contributed by atoms with Crippen molar-refractivity contribution in [3.05, 3.63) is 51.6 Å². The zero-order valence-corrected chi connectivity index (χ0v) is 17.9. The summed E-state index contributed by atoms with van der Waals surface area (Å²) in [6.45, 7) is 2.16. The molecule has 6 nitrogen and oxygen atoms in total. The molecule has 0 bridgehead atoms. The normalized spacial score (nSPS) is 11.8. The van der Waals surface area contributed by atoms with Crippen molar-refractivity contribution in [2.24, 2.45) is 0 Å². The summed E-state index contributed by atoms with van der Waals surface area (Å²) in [5, 5.41) is 1.29. The number of aryl methyl sites for hydroxylation is 1. The summed E-state index contributed by atoms with van der Waals surface area (Å²) < 4.78 is 38.5. The van der Waals surface area contributed by atoms with Crippen LogP contribution in [0.25, 0.3) is 10.9 Å². The van der Waals surface area contributed by atoms with Gasteiger partial charge in [-0.2, -0.15) is 0 Å². The lowest BCUT2D eigenvalue weighted by molar-refractivity contribution is 0.402. The Morgan fingerprint density at radius 3 is 2.54 bits per heavy atom. The number of H-pyrrole nitrogens is 1. The van der Waals surface area contributed by atoms with E-state index in [-0.39, 0.29) is 27.2 Å². The number of hydrogen-bond acceptors (Lipinski definition) is 4. The highest BCUT2D eigenvalue weighted by Gasteiger charge is 2.23. The van der Waals surface area contributed by atoms with E-state index in [0.717, 1.165) is 27.9 Å². The number of aromatic nitrogens is 1. The fraction of sp³-hybridized carbons (Fsp3) is 0.263. The number of rotatable bonds is 7. The third-order valence-electron chi connectivity index (χ3n) is 4.50. The standard InChI is InChI=1S/C19H20Cl2N2O4S/c1-11-13(14-10-12(26-2)4-6-16(14)23-11)8-9-22-28(24,25)17-7-5-15(20)18(21)19(17)27-3/h4-7,10,22-23H,8-9H2,1-3H3. The lowest BCUT2D eigenvalue weighted by Gasteiger charge is -2.13. The van der Waals surface area contributed by atoms with Crippen LogP contribution in [0.3, 0.4) is 0 Å². The molecule has 3 rings (SSSR count). The highest BCUT2D eigenvalue weighted by atomic mass is 35.5. The van der Waals surface area contributed by atoms with Crippen molar-refractivity contribution in [1.82, 2.24) is 9.71 Å². The molecule has 0 atom stereocenters. The lowest BCUT2D eigenvalue weighted by atomic mass is 10.1. The first-order chi connectivity index (χ1) is 13.3. The van der Waals surface area contributed by atoms with E-state index in [0.29, 0.717) is 6.42 Å². The van der Waals surface area contributed by atoms with Gasteiger partial charge in [-0.25, -0.2) is 13.1 Å². The minimum atomic E-state index is -3.83. The summed E-state index contributed by atoms with van der Waals surface area (Å²) in [5.41, 5.74) is 2.98. The second-order valence-corrected chi connectivity index (χ2v) is 8.70. The van der Waals surface area contributed by atoms with Gasteiger partial charge >= 0.3 is 0 Å². The van der Waals surface area contributed by atoms with E-state index in [9.17, 15) is 8.42 Å². The van der Waals surface area contributed by atoms with Crippen LogP contribution in [0, 0.1) is 6.92 Å². The fourth-order valence-corrected chi connectivity index (χ4v) is 4.76. The predicted octanol–water partition coefficient (Wildman–Crippen LogP) is 4.32. The third-order valence-corrected chi connectivity index (χ3v) is 6.77. The minimum Gasteiger partial charge on any atom is -0.497 e. The van der Waals surface area contributed by atoms with Crippen LogP contribution in [-0.4, -0.2) is 34.2 Å². The maximum absolute atomic E-state index is 12.7. The molecule has 0 unspecified atom stereocenters. The van der Waals surface area contributed by atoms with Crippen molar-refractivity contribution in [3.8, 4) is 11.5 Å². The monoisotopic (exact) mass is 442 g/mol. The number of halogens is 2. The van der Waals surface area contributed by atoms with E-state index in [2.05, 4.69) is 9.71 Å². The van der Waals surface area contributed by atoms with E-state index in [1.54, 1.807) is 7.11 Å². The number of aromatic amines is 1. The molecule has 0 aliphatic rings. The average Bonchev–Trinajstić information content (AvgIpc) is 2.98. The van der Waals surface area contributed by atoms with Gasteiger partial charge in [0.2, 0.25) is 10.0 Å². The SMILES string of the molecule is COc1ccc2[nH]c(C)c(CCNS(=O)(=O)c3ccc(Cl)c(Cl)c3OC)c2c1. The van der Waals surface area contributed by atoms with Gasteiger partial charge in [-0.3, -0.25) is 0 Å². The maximum atomic E-state index is 12.7. The topological polar surface area (TPSA) is 80.4 Å². The number of benzene rings is 2. The van der Waals surface area contributed by atoms with E-state index in [4.69, 9.17) is 32.7 Å². The molecule has 0 saturated carbocycles. The van der Waals surface area contributed by atoms with Crippen LogP contribution in [0.15, 0.2) is 35.2 Å². The van der Waals surface area contributed by atoms with E-state index >= 15 is 0 Å². The molecule has 0 spiro atoms. The van der Waals surface area contributed by atoms with Gasteiger partial charge in [0, 0.05) is 23.1 Å². The molecule has 0 saturated heterocycles. The zero-order chi connectivity index (χ0) is 20.5. The molecular formula is C19H20Cl2N2O4S. The van der Waals surface area contributed by atoms with Crippen molar-refractivity contribution < 1.29 is 17.9 Å². The predicted molar refractivity (Wildman–Crippen MR) is 111 cm³/mol. The van der Waals surface area contributed by atoms with Crippen LogP contribution in [0.1, 0.15) is 11.3 Å². The molecule has 3 aromatic rings. The van der Waals surface area contributed by atoms with Crippen LogP contribution in [-0.2, 0) is 16.4 Å². The largest absolute Gasteiger partial charge is 0.497 e. The third kappa shape index (κ3) is 3.93. The number of fused-ring (bicyclic) bond motifs is 1. The van der Waals surface area contributed by atoms with Crippen LogP contribution in [0.5, 0.6) is 11.5 Å². The molecule has 9 heteroatoms. The van der Waals surface area contributed by atoms with Crippen LogP contribution < -0.4 is 14.2 Å². The van der Waals surface area contributed by atoms with Gasteiger partial charge in [-0.05, 0) is 49.2 Å². The smallest absolute Gasteiger partial charge is 0.244 e. The Hall–Kier alpha value is -1.93. The van der Waals surface area contributed by atoms with Crippen molar-refractivity contribution >= 4 is 44.1 Å². The Bertz CT molecular complexity index is 1130. The highest BCUT2D eigenvalue weighted by molar-refractivity contribution is 7.89. The fourth-order valence-electron chi connectivity index (χ4n) is 3.11. The van der Waals surface area contributed by atoms with Gasteiger partial charge in [0.15, 0.2) is 5.75 Å². The molecule has 28 heavy (non-hydrogen) atoms. The summed E-state index contributed by atoms with van der Waals surface area (Å²) in [6, 6.07) is 8.55. The first-order valence-electron chi connectivity index (χ1n) is 8.45. The Morgan fingerprint density at radius 1 is 1.11 bits per heavy atom. The second-order valence-electron chi connectivity index (χ2n) is 6.18. The quantitative estimate of drug-likeness (QED) is 0.570. The van der Waals surface area contributed by atoms with Crippen molar-refractivity contribution in [3.63, 3.8) is 0 Å². The van der Waals surface area contributed by atoms with Gasteiger partial charge in [-0.15, -0.1) is 0 Å². The molecule has 150 valence electrons. The first kappa shape index (κ1) is 20.8. The summed E-state index contributed by atoms with van der Waals surface area (Å²) in [7, 11) is -0.871. The summed E-state index contributed by atoms with van der Waals surface area (Å²) in [6.07, 6.45) is 0.502. The Labute approximate surface area is 173 Å². The molecular weight excluding hydrogens is 423 g/mol. The van der Waals surface area contributed by atoms with E-state index in [1.165, 1.54) is 19.2 Å². The van der Waals surface area contributed by atoms with Gasteiger partial charge in [0.25, 0.3) is 0 Å². The first-order valence-corrected chi connectivity index (χ1v) is 10.7. The molecule has 0 amide bonds. The zero-order valence-electron chi connectivity index (χ0n) is 15.6. The minimum absolute atomic E-state index is 0.0228. The summed E-state index contributed by atoms with van der Waals surface area (Å²) in [5.74, 6) is 0.767. The number of ether oxygens (including phenoxy) is 2. The number of sulfonamides is 1. The molecule has 2 aromatic carbocycles. The van der Waals surface area contributed by atoms with Crippen LogP contribution in [0.4, 0.5) is 0 Å². The molecule has 0 aliphatic heterocycles. The van der Waals surface area contributed by atoms with E-state index < -0.39 is 10.0 Å². The van der Waals surface area contributed by atoms with Gasteiger partial charge < -0.3 is 14.5 Å². The molecule has 0 radical (unpaired) electrons. The Morgan fingerprint density at radius 2 is 1.86 bits per heavy atom. The molecule has 0 aliphatic carbocycles. The number of methoxy groups -OCH3 is 2. The molecule has 1 heterocycles. The number of hydrogen-bond donors (Lipinski definition) is 2. The maximum Gasteiger partial charge on any atom is 0.244 e. The molecule has 0 fully saturated rings. The molecule has 1 aromatic heterocycles. The second kappa shape index (κ2) is 8.21. The van der Waals surface area contributed by atoms with Crippen LogP contribution >= 0.6 is 23.2 Å². The lowest BCUT2D eigenvalue weighted by Crippen LogP contribution is -2.26. The van der Waals surface area contributed by atoms with Gasteiger partial charge in [-0.1, -0.05) is 23.2 Å².